The summed E-state index contributed by atoms with van der Waals surface area (Å²) in [6.07, 6.45) is 9.00. The zero-order chi connectivity index (χ0) is 87.9. The van der Waals surface area contributed by atoms with Crippen LogP contribution in [-0.2, 0) is 6.42 Å². The van der Waals surface area contributed by atoms with E-state index in [1.807, 2.05) is 107 Å². The van der Waals surface area contributed by atoms with Crippen LogP contribution in [0.4, 0.5) is 75.2 Å². The molecule has 4 aromatic carbocycles. The number of likely N-dealkylation sites (tertiary alicyclic amines) is 1. The minimum Gasteiger partial charge on any atom is -0.368 e. The predicted octanol–water partition coefficient (Wildman–Crippen LogP) is 16.4. The summed E-state index contributed by atoms with van der Waals surface area (Å²) in [5, 5.41) is 68.3. The van der Waals surface area contributed by atoms with Gasteiger partial charge in [-0.25, -0.2) is 34.9 Å². The number of hydrogen-bond acceptors (Lipinski definition) is 27. The van der Waals surface area contributed by atoms with Crippen LogP contribution in [0.3, 0.4) is 0 Å². The second-order valence-corrected chi connectivity index (χ2v) is 35.5. The maximum atomic E-state index is 12.2. The van der Waals surface area contributed by atoms with Gasteiger partial charge in [0.1, 0.15) is 75.3 Å². The summed E-state index contributed by atoms with van der Waals surface area (Å²) in [7, 11) is 10.9. The van der Waals surface area contributed by atoms with Crippen LogP contribution in [0.1, 0.15) is 185 Å². The van der Waals surface area contributed by atoms with Crippen molar-refractivity contribution in [2.75, 3.05) is 135 Å². The molecule has 0 radical (unpaired) electrons. The number of benzene rings is 4. The third-order valence-electron chi connectivity index (χ3n) is 18.6. The molecule has 1 saturated heterocycles. The van der Waals surface area contributed by atoms with Gasteiger partial charge in [0, 0.05) is 125 Å². The van der Waals surface area contributed by atoms with Crippen LogP contribution in [-0.4, -0.2) is 172 Å². The number of carbonyl (C=O) groups is 3. The molecule has 6 heterocycles. The molecule has 632 valence electrons. The van der Waals surface area contributed by atoms with Crippen molar-refractivity contribution >= 4 is 121 Å². The van der Waals surface area contributed by atoms with E-state index in [9.17, 15) is 30.2 Å². The van der Waals surface area contributed by atoms with Gasteiger partial charge >= 0.3 is 0 Å². The van der Waals surface area contributed by atoms with E-state index >= 15 is 0 Å². The Morgan fingerprint density at radius 1 is 0.546 bits per heavy atom. The Balaban J connectivity index is 0.000000221. The highest BCUT2D eigenvalue weighted by molar-refractivity contribution is 9.10. The van der Waals surface area contributed by atoms with E-state index < -0.39 is 0 Å². The highest BCUT2D eigenvalue weighted by Gasteiger charge is 2.27. The fourth-order valence-electron chi connectivity index (χ4n) is 12.4. The van der Waals surface area contributed by atoms with Gasteiger partial charge in [-0.3, -0.25) is 19.5 Å². The van der Waals surface area contributed by atoms with Gasteiger partial charge in [0.05, 0.1) is 0 Å². The fourth-order valence-corrected chi connectivity index (χ4v) is 13.2. The number of aromatic amines is 1. The Kier molecular flexibility index (Phi) is 33.7. The highest BCUT2D eigenvalue weighted by Crippen LogP contribution is 2.37. The summed E-state index contributed by atoms with van der Waals surface area (Å²) >= 11 is 5.01. The molecule has 0 saturated carbocycles. The topological polar surface area (TPSA) is 397 Å². The number of rotatable bonds is 26. The first-order valence-electron chi connectivity index (χ1n) is 39.5. The van der Waals surface area contributed by atoms with Crippen molar-refractivity contribution in [3.63, 3.8) is 0 Å². The van der Waals surface area contributed by atoms with Crippen LogP contribution in [0.25, 0.3) is 11.4 Å². The maximum absolute atomic E-state index is 12.2. The second-order valence-electron chi connectivity index (χ2n) is 34.0. The molecule has 0 spiro atoms. The number of anilines is 13. The normalized spacial score (nSPS) is 12.5. The van der Waals surface area contributed by atoms with Crippen molar-refractivity contribution in [2.45, 2.75) is 155 Å². The summed E-state index contributed by atoms with van der Waals surface area (Å²) in [5.74, 6) is 5.75. The van der Waals surface area contributed by atoms with Gasteiger partial charge in [-0.1, -0.05) is 132 Å². The first kappa shape index (κ1) is 94.4. The lowest BCUT2D eigenvalue weighted by Crippen LogP contribution is -2.31. The van der Waals surface area contributed by atoms with Gasteiger partial charge in [-0.05, 0) is 169 Å². The number of hydrogen-bond donors (Lipinski definition) is 11. The second kappa shape index (κ2) is 42.6. The highest BCUT2D eigenvalue weighted by atomic mass is 79.9. The van der Waals surface area contributed by atoms with Crippen molar-refractivity contribution < 1.29 is 14.4 Å². The largest absolute Gasteiger partial charge is 0.368 e. The molecule has 30 nitrogen and oxygen atoms in total. The summed E-state index contributed by atoms with van der Waals surface area (Å²) < 4.78 is 0.754. The van der Waals surface area contributed by atoms with Crippen LogP contribution >= 0.6 is 27.7 Å². The number of aromatic nitrogens is 11. The first-order valence-corrected chi connectivity index (χ1v) is 41.5. The molecule has 1 unspecified atom stereocenters. The average Bonchev–Trinajstić information content (AvgIpc) is 0.928. The lowest BCUT2D eigenvalue weighted by Gasteiger charge is -2.28. The summed E-state index contributed by atoms with van der Waals surface area (Å²) in [4.78, 5) is 82.9. The maximum Gasteiger partial charge on any atom is 0.251 e. The third-order valence-corrected chi connectivity index (χ3v) is 19.9. The number of nitrogens with one attached hydrogen (secondary N) is 11. The van der Waals surface area contributed by atoms with Crippen molar-refractivity contribution in [1.29, 1.82) is 15.8 Å². The van der Waals surface area contributed by atoms with Gasteiger partial charge in [0.2, 0.25) is 5.95 Å². The molecular weight excluding hydrogens is 1580 g/mol. The zero-order valence-electron chi connectivity index (χ0n) is 73.4. The number of nitrogens with zero attached hydrogens (tertiary/aromatic N) is 16. The molecule has 5 aromatic heterocycles. The van der Waals surface area contributed by atoms with Gasteiger partial charge in [0.25, 0.3) is 17.7 Å². The number of carbonyl (C=O) groups excluding carboxylic acids is 3. The quantitative estimate of drug-likeness (QED) is 0.0177. The first-order chi connectivity index (χ1) is 56.1. The smallest absolute Gasteiger partial charge is 0.251 e. The average molecular weight is 1700 g/mol. The van der Waals surface area contributed by atoms with Gasteiger partial charge in [-0.2, -0.15) is 30.9 Å². The molecule has 11 N–H and O–H groups in total. The van der Waals surface area contributed by atoms with Crippen LogP contribution in [0.5, 0.6) is 0 Å². The van der Waals surface area contributed by atoms with Crippen molar-refractivity contribution in [3.05, 3.63) is 151 Å². The van der Waals surface area contributed by atoms with E-state index in [1.54, 1.807) is 51.5 Å². The van der Waals surface area contributed by atoms with E-state index in [1.165, 1.54) is 37.3 Å². The van der Waals surface area contributed by atoms with E-state index in [4.69, 9.17) is 9.97 Å². The van der Waals surface area contributed by atoms with Crippen LogP contribution in [0, 0.1) is 83.3 Å². The SMILES string of the molecule is CCc1nc(NCC(C)(C)C)c(C#N)c(Nc2cc(C(=O)NC)ccc2C)n1.CNC(=O)c1ccc(C)c(Nc2nc(NCCC3CCCN3C)nc(N(C)CC(C)(C)C)c2C#N)c1.CNC(=O)c1ccc(C)c(Nc2ncnc(NCC(C)(C)C)c2Br)c1.CSc1nc(Nc2cc(-c3ncn[nH]3)ccc2C)c(C#N)c(N(C)CC(C)(C)C)n1. The monoisotopic (exact) mass is 1700 g/mol. The molecule has 0 bridgehead atoms. The number of halogens is 1. The standard InChI is InChI=1S/C27H40N8O.C21H26N8S.C21H28N6O.C18H24BrN5O/c1-18-10-11-19(25(36)29-5)15-22(18)31-23-21(16-28)24(35(7)17-27(2,3)4)33-26(32-23)30-13-12-20-9-8-14-34(20)6;1-13-7-8-14(17-23-12-24-28-17)9-16(13)25-18-15(10-22)19(27-20(26-18)30-6)29(5)11-21(2,3)4;1-7-17-26-18(24-12-21(3,4)5)15(11-22)19(27-17)25-16-10-14(20(28)23-6)9-8-13(16)2;1-11-6-7-12(17(25)20-5)8-13(11)24-16-14(19)15(22-10-23-16)21-9-18(2,3)4/h10-11,15,20H,8-9,12-14,17H2,1-7H3,(H,29,36)(H2,30,31,32,33);7-9,12H,11H2,1-6H3,(H,23,24,28)(H,25,26,27);8-10H,7,12H2,1-6H3,(H,23,28)(H2,24,25,26,27);6-8,10H,9H2,1-5H3,(H,20,25)(H2,21,22,23,24). The molecule has 1 atom stereocenters. The van der Waals surface area contributed by atoms with Crippen LogP contribution in [0.2, 0.25) is 0 Å². The molecule has 0 aliphatic carbocycles. The summed E-state index contributed by atoms with van der Waals surface area (Å²) in [6, 6.07) is 29.6. The van der Waals surface area contributed by atoms with Gasteiger partial charge < -0.3 is 67.9 Å². The molecule has 3 amide bonds. The van der Waals surface area contributed by atoms with E-state index in [-0.39, 0.29) is 39.4 Å². The number of aryl methyl sites for hydroxylation is 5. The lowest BCUT2D eigenvalue weighted by atomic mass is 9.96. The molecular formula is C87H118BrN27O3S. The van der Waals surface area contributed by atoms with Gasteiger partial charge in [0.15, 0.2) is 40.1 Å². The van der Waals surface area contributed by atoms with Crippen molar-refractivity contribution in [1.82, 2.24) is 75.9 Å². The number of thioether (sulfide) groups is 1. The Bertz CT molecular complexity index is 5120. The number of nitriles is 3. The zero-order valence-corrected chi connectivity index (χ0v) is 75.8. The van der Waals surface area contributed by atoms with Crippen LogP contribution < -0.4 is 63.0 Å². The Morgan fingerprint density at radius 3 is 1.41 bits per heavy atom. The van der Waals surface area contributed by atoms with E-state index in [0.29, 0.717) is 122 Å². The number of amides is 3. The fraction of sp³-hybridized carbons (Fsp3) is 0.448. The third kappa shape index (κ3) is 27.9. The predicted molar refractivity (Wildman–Crippen MR) is 485 cm³/mol. The molecule has 10 rings (SSSR count). The Labute approximate surface area is 714 Å². The Morgan fingerprint density at radius 2 is 0.983 bits per heavy atom. The van der Waals surface area contributed by atoms with Crippen LogP contribution in [0.15, 0.2) is 95.1 Å². The molecule has 9 aromatic rings. The molecule has 1 aliphatic heterocycles. The molecule has 1 aliphatic rings. The molecule has 32 heteroatoms. The van der Waals surface area contributed by atoms with Crippen molar-refractivity contribution in [3.8, 4) is 29.6 Å². The van der Waals surface area contributed by atoms with E-state index in [0.717, 1.165) is 94.3 Å². The van der Waals surface area contributed by atoms with Crippen molar-refractivity contribution in [2.24, 2.45) is 21.7 Å². The number of H-pyrrole nitrogens is 1. The van der Waals surface area contributed by atoms with Gasteiger partial charge in [-0.15, -0.1) is 0 Å². The minimum atomic E-state index is -0.175. The lowest BCUT2D eigenvalue weighted by molar-refractivity contribution is 0.0955. The summed E-state index contributed by atoms with van der Waals surface area (Å²) in [6.45, 7) is 40.4. The Hall–Kier alpha value is -11.8. The van der Waals surface area contributed by atoms with E-state index in [2.05, 4.69) is 227 Å². The molecule has 119 heavy (non-hydrogen) atoms. The summed E-state index contributed by atoms with van der Waals surface area (Å²) in [5.41, 5.74) is 11.0. The minimum absolute atomic E-state index is 0.0130. The molecule has 1 fully saturated rings.